The number of nitrogens with zero attached hydrogens (tertiary/aromatic N) is 3. The van der Waals surface area contributed by atoms with Crippen LogP contribution >= 0.6 is 12.2 Å². The lowest BCUT2D eigenvalue weighted by atomic mass is 9.96. The molecule has 0 saturated carbocycles. The van der Waals surface area contributed by atoms with Crippen molar-refractivity contribution in [3.05, 3.63) is 77.4 Å². The fourth-order valence-corrected chi connectivity index (χ4v) is 4.85. The average Bonchev–Trinajstić information content (AvgIpc) is 3.32. The fourth-order valence-electron chi connectivity index (χ4n) is 4.51. The van der Waals surface area contributed by atoms with Gasteiger partial charge in [-0.05, 0) is 74.1 Å². The summed E-state index contributed by atoms with van der Waals surface area (Å²) in [4.78, 5) is 18.6. The highest BCUT2D eigenvalue weighted by Gasteiger charge is 2.41. The number of nitrogens with one attached hydrogen (secondary N) is 1. The van der Waals surface area contributed by atoms with Crippen LogP contribution in [-0.2, 0) is 9.53 Å². The van der Waals surface area contributed by atoms with Crippen molar-refractivity contribution in [3.8, 4) is 11.4 Å². The number of esters is 1. The molecule has 3 aromatic rings. The second-order valence-corrected chi connectivity index (χ2v) is 8.39. The van der Waals surface area contributed by atoms with Crippen LogP contribution in [0.25, 0.3) is 5.69 Å². The van der Waals surface area contributed by atoms with Crippen molar-refractivity contribution in [3.63, 3.8) is 0 Å². The minimum absolute atomic E-state index is 0.116. The summed E-state index contributed by atoms with van der Waals surface area (Å²) in [6, 6.07) is 15.8. The molecule has 1 aromatic carbocycles. The minimum Gasteiger partial charge on any atom is -0.497 e. The summed E-state index contributed by atoms with van der Waals surface area (Å²) < 4.78 is 12.4. The van der Waals surface area contributed by atoms with Gasteiger partial charge in [-0.2, -0.15) is 0 Å². The summed E-state index contributed by atoms with van der Waals surface area (Å²) in [6.07, 6.45) is 2.04. The zero-order chi connectivity index (χ0) is 23.5. The number of hydrogen-bond donors (Lipinski definition) is 1. The first-order valence-corrected chi connectivity index (χ1v) is 11.2. The van der Waals surface area contributed by atoms with Gasteiger partial charge in [-0.15, -0.1) is 0 Å². The van der Waals surface area contributed by atoms with E-state index in [-0.39, 0.29) is 24.5 Å². The number of pyridine rings is 1. The van der Waals surface area contributed by atoms with Crippen LogP contribution in [0.3, 0.4) is 0 Å². The van der Waals surface area contributed by atoms with E-state index in [1.54, 1.807) is 13.3 Å². The molecule has 0 radical (unpaired) electrons. The first-order valence-electron chi connectivity index (χ1n) is 10.8. The van der Waals surface area contributed by atoms with Crippen molar-refractivity contribution >= 4 is 23.3 Å². The predicted octanol–water partition coefficient (Wildman–Crippen LogP) is 4.03. The van der Waals surface area contributed by atoms with Gasteiger partial charge in [-0.1, -0.05) is 6.07 Å². The molecule has 1 fully saturated rings. The molecule has 1 aliphatic heterocycles. The van der Waals surface area contributed by atoms with Gasteiger partial charge in [0.2, 0.25) is 0 Å². The van der Waals surface area contributed by atoms with Gasteiger partial charge in [0, 0.05) is 29.8 Å². The summed E-state index contributed by atoms with van der Waals surface area (Å²) >= 11 is 5.70. The zero-order valence-electron chi connectivity index (χ0n) is 19.2. The lowest BCUT2D eigenvalue weighted by Crippen LogP contribution is -2.32. The van der Waals surface area contributed by atoms with Crippen molar-refractivity contribution < 1.29 is 14.3 Å². The van der Waals surface area contributed by atoms with Crippen LogP contribution in [0.2, 0.25) is 0 Å². The number of carbonyl (C=O) groups excluding carboxylic acids is 1. The predicted molar refractivity (Wildman–Crippen MR) is 131 cm³/mol. The number of hydrogen-bond acceptors (Lipinski definition) is 5. The third-order valence-corrected chi connectivity index (χ3v) is 6.45. The molecule has 3 heterocycles. The number of methoxy groups -OCH3 is 2. The summed E-state index contributed by atoms with van der Waals surface area (Å²) in [7, 11) is 3.06. The van der Waals surface area contributed by atoms with E-state index in [0.717, 1.165) is 34.1 Å². The number of carbonyl (C=O) groups is 1. The fraction of sp³-hybridized carbons (Fsp3) is 0.320. The summed E-state index contributed by atoms with van der Waals surface area (Å²) in [5.74, 6) is 0.553. The van der Waals surface area contributed by atoms with E-state index in [1.807, 2.05) is 42.5 Å². The maximum atomic E-state index is 11.9. The monoisotopic (exact) mass is 464 g/mol. The van der Waals surface area contributed by atoms with E-state index in [0.29, 0.717) is 11.7 Å². The van der Waals surface area contributed by atoms with E-state index < -0.39 is 0 Å². The molecule has 7 nitrogen and oxygen atoms in total. The number of aromatic nitrogens is 2. The van der Waals surface area contributed by atoms with E-state index in [4.69, 9.17) is 21.7 Å². The van der Waals surface area contributed by atoms with Crippen molar-refractivity contribution in [1.29, 1.82) is 0 Å². The van der Waals surface area contributed by atoms with Gasteiger partial charge in [-0.3, -0.25) is 9.78 Å². The van der Waals surface area contributed by atoms with Gasteiger partial charge >= 0.3 is 5.97 Å². The van der Waals surface area contributed by atoms with Gasteiger partial charge in [0.05, 0.1) is 38.4 Å². The highest BCUT2D eigenvalue weighted by atomic mass is 32.1. The van der Waals surface area contributed by atoms with Crippen LogP contribution in [0.4, 0.5) is 0 Å². The minimum atomic E-state index is -0.262. The Morgan fingerprint density at radius 2 is 1.91 bits per heavy atom. The Bertz CT molecular complexity index is 1140. The Morgan fingerprint density at radius 1 is 1.15 bits per heavy atom. The zero-order valence-corrected chi connectivity index (χ0v) is 20.1. The van der Waals surface area contributed by atoms with Gasteiger partial charge in [0.25, 0.3) is 0 Å². The molecule has 1 saturated heterocycles. The Kier molecular flexibility index (Phi) is 6.65. The van der Waals surface area contributed by atoms with Crippen LogP contribution in [0.5, 0.6) is 5.75 Å². The molecule has 0 spiro atoms. The van der Waals surface area contributed by atoms with Crippen molar-refractivity contribution in [2.75, 3.05) is 20.8 Å². The maximum Gasteiger partial charge on any atom is 0.307 e. The van der Waals surface area contributed by atoms with Gasteiger partial charge < -0.3 is 24.3 Å². The lowest BCUT2D eigenvalue weighted by molar-refractivity contribution is -0.140. The highest BCUT2D eigenvalue weighted by Crippen LogP contribution is 2.41. The number of ether oxygens (including phenoxy) is 2. The molecule has 2 atom stereocenters. The molecule has 1 N–H and O–H groups in total. The van der Waals surface area contributed by atoms with Crippen LogP contribution in [0.1, 0.15) is 41.1 Å². The number of benzene rings is 1. The van der Waals surface area contributed by atoms with Gasteiger partial charge in [0.15, 0.2) is 5.11 Å². The highest BCUT2D eigenvalue weighted by molar-refractivity contribution is 7.80. The second kappa shape index (κ2) is 9.62. The van der Waals surface area contributed by atoms with Crippen molar-refractivity contribution in [2.24, 2.45) is 0 Å². The Balaban J connectivity index is 1.77. The van der Waals surface area contributed by atoms with E-state index in [1.165, 1.54) is 7.11 Å². The number of thiocarbonyl (C=S) groups is 1. The Hall–Kier alpha value is -3.39. The first kappa shape index (κ1) is 22.8. The lowest BCUT2D eigenvalue weighted by Gasteiger charge is -2.28. The molecular weight excluding hydrogens is 436 g/mol. The molecule has 8 heteroatoms. The first-order chi connectivity index (χ1) is 15.9. The Morgan fingerprint density at radius 3 is 2.55 bits per heavy atom. The van der Waals surface area contributed by atoms with Crippen molar-refractivity contribution in [1.82, 2.24) is 19.8 Å². The standard InChI is InChI=1S/C25H28N4O3S/c1-16-15-20(17(2)29(16)18-8-10-19(31-3)11-9-18)24-23(21-7-5-6-13-26-21)27-25(33)28(24)14-12-22(30)32-4/h5-11,13,15,23-24H,12,14H2,1-4H3,(H,27,33)/t23-,24+/m0/s1. The topological polar surface area (TPSA) is 68.6 Å². The molecule has 33 heavy (non-hydrogen) atoms. The molecule has 0 unspecified atom stereocenters. The molecule has 0 bridgehead atoms. The SMILES string of the molecule is COC(=O)CCN1C(=S)N[C@@H](c2ccccn2)[C@H]1c1cc(C)n(-c2ccc(OC)cc2)c1C. The largest absolute Gasteiger partial charge is 0.497 e. The molecule has 172 valence electrons. The van der Waals surface area contributed by atoms with Crippen molar-refractivity contribution in [2.45, 2.75) is 32.4 Å². The summed E-state index contributed by atoms with van der Waals surface area (Å²) in [5, 5.41) is 4.04. The molecule has 0 aliphatic carbocycles. The molecule has 0 amide bonds. The maximum absolute atomic E-state index is 11.9. The van der Waals surface area contributed by atoms with Crippen LogP contribution in [0.15, 0.2) is 54.7 Å². The molecule has 4 rings (SSSR count). The quantitative estimate of drug-likeness (QED) is 0.418. The summed E-state index contributed by atoms with van der Waals surface area (Å²) in [5.41, 5.74) is 5.31. The smallest absolute Gasteiger partial charge is 0.307 e. The average molecular weight is 465 g/mol. The van der Waals surface area contributed by atoms with Crippen LogP contribution in [-0.4, -0.2) is 46.3 Å². The molecular formula is C25H28N4O3S. The third-order valence-electron chi connectivity index (χ3n) is 6.10. The van der Waals surface area contributed by atoms with E-state index in [9.17, 15) is 4.79 Å². The van der Waals surface area contributed by atoms with E-state index >= 15 is 0 Å². The van der Waals surface area contributed by atoms with Crippen LogP contribution in [0, 0.1) is 13.8 Å². The van der Waals surface area contributed by atoms with Gasteiger partial charge in [0.1, 0.15) is 5.75 Å². The third kappa shape index (κ3) is 4.43. The second-order valence-electron chi connectivity index (χ2n) is 8.01. The van der Waals surface area contributed by atoms with E-state index in [2.05, 4.69) is 39.7 Å². The molecule has 2 aromatic heterocycles. The van der Waals surface area contributed by atoms with Crippen LogP contribution < -0.4 is 10.1 Å². The number of rotatable bonds is 7. The number of aryl methyl sites for hydroxylation is 1. The Labute approximate surface area is 199 Å². The molecule has 1 aliphatic rings. The normalized spacial score (nSPS) is 17.7. The summed E-state index contributed by atoms with van der Waals surface area (Å²) in [6.45, 7) is 4.66. The van der Waals surface area contributed by atoms with Gasteiger partial charge in [-0.25, -0.2) is 0 Å².